The van der Waals surface area contributed by atoms with Gasteiger partial charge in [-0.2, -0.15) is 0 Å². The second-order valence-corrected chi connectivity index (χ2v) is 2.51. The van der Waals surface area contributed by atoms with Gasteiger partial charge in [0.1, 0.15) is 0 Å². The molecule has 1 fully saturated rings. The van der Waals surface area contributed by atoms with Gasteiger partial charge in [0.15, 0.2) is 0 Å². The molecule has 0 aromatic rings. The zero-order valence-electron chi connectivity index (χ0n) is 5.73. The molecule has 0 atom stereocenters. The fraction of sp³-hybridized carbons (Fsp3) is 1.00. The van der Waals surface area contributed by atoms with Crippen molar-refractivity contribution in [2.24, 2.45) is 0 Å². The van der Waals surface area contributed by atoms with E-state index in [-0.39, 0.29) is 64.2 Å². The van der Waals surface area contributed by atoms with Crippen LogP contribution in [0.2, 0.25) is 5.82 Å². The number of aliphatic hydroxyl groups excluding tert-OH is 1. The second-order valence-electron chi connectivity index (χ2n) is 2.51. The molecule has 1 aliphatic carbocycles. The fourth-order valence-electron chi connectivity index (χ4n) is 0.939. The summed E-state index contributed by atoms with van der Waals surface area (Å²) >= 11 is 0. The minimum Gasteiger partial charge on any atom is -0.449 e. The van der Waals surface area contributed by atoms with Gasteiger partial charge in [-0.25, -0.2) is 0 Å². The van der Waals surface area contributed by atoms with Gasteiger partial charge in [-0.1, -0.05) is 5.82 Å². The van der Waals surface area contributed by atoms with E-state index in [4.69, 9.17) is 5.11 Å². The van der Waals surface area contributed by atoms with Crippen LogP contribution in [0.3, 0.4) is 0 Å². The van der Waals surface area contributed by atoms with E-state index in [9.17, 15) is 12.9 Å². The summed E-state index contributed by atoms with van der Waals surface area (Å²) in [6.45, 7) is -4.67. The Balaban J connectivity index is 0.000000810. The molecule has 0 bridgehead atoms. The molecule has 10 heavy (non-hydrogen) atoms. The molecule has 1 rings (SSSR count). The Morgan fingerprint density at radius 2 is 1.60 bits per heavy atom. The number of hydrogen-bond acceptors (Lipinski definition) is 1. The molecule has 0 unspecified atom stereocenters. The molecule has 1 N–H and O–H groups in total. The van der Waals surface area contributed by atoms with Crippen molar-refractivity contribution in [2.75, 3.05) is 0 Å². The van der Waals surface area contributed by atoms with E-state index in [1.54, 1.807) is 0 Å². The van der Waals surface area contributed by atoms with Gasteiger partial charge in [0.2, 0.25) is 0 Å². The van der Waals surface area contributed by atoms with Gasteiger partial charge in [0.05, 0.1) is 0 Å². The van der Waals surface area contributed by atoms with Crippen molar-refractivity contribution in [1.82, 2.24) is 0 Å². The maximum absolute atomic E-state index is 11.6. The molecular formula is C4H7BF3KO. The molecule has 0 aliphatic heterocycles. The monoisotopic (exact) mass is 178 g/mol. The van der Waals surface area contributed by atoms with E-state index >= 15 is 0 Å². The third-order valence-corrected chi connectivity index (χ3v) is 1.68. The van der Waals surface area contributed by atoms with Gasteiger partial charge in [-0.15, -0.1) is 0 Å². The zero-order valence-corrected chi connectivity index (χ0v) is 8.85. The second kappa shape index (κ2) is 3.91. The van der Waals surface area contributed by atoms with Crippen molar-refractivity contribution in [3.63, 3.8) is 0 Å². The standard InChI is InChI=1S/C4H7BF3O.K/c6-5(7,8)3-1-4(9)2-3;/h3-4,9H,1-2H2;/q-1;+1. The van der Waals surface area contributed by atoms with Crippen molar-refractivity contribution in [1.29, 1.82) is 0 Å². The van der Waals surface area contributed by atoms with E-state index in [0.29, 0.717) is 0 Å². The van der Waals surface area contributed by atoms with Gasteiger partial charge >= 0.3 is 58.4 Å². The Morgan fingerprint density at radius 3 is 1.70 bits per heavy atom. The normalized spacial score (nSPS) is 32.4. The molecular weight excluding hydrogens is 171 g/mol. The first kappa shape index (κ1) is 11.5. The molecule has 0 aromatic carbocycles. The van der Waals surface area contributed by atoms with Gasteiger partial charge in [0, 0.05) is 6.10 Å². The van der Waals surface area contributed by atoms with E-state index < -0.39 is 18.9 Å². The largest absolute Gasteiger partial charge is 1.00 e. The molecule has 6 heteroatoms. The number of hydrogen-bond donors (Lipinski definition) is 1. The third-order valence-electron chi connectivity index (χ3n) is 1.68. The molecule has 1 aliphatic rings. The van der Waals surface area contributed by atoms with Gasteiger partial charge in [0.25, 0.3) is 0 Å². The van der Waals surface area contributed by atoms with Crippen LogP contribution in [0.4, 0.5) is 12.9 Å². The quantitative estimate of drug-likeness (QED) is 0.477. The summed E-state index contributed by atoms with van der Waals surface area (Å²) in [5.74, 6) is -1.18. The summed E-state index contributed by atoms with van der Waals surface area (Å²) in [7, 11) is 0. The molecule has 0 saturated heterocycles. The predicted molar refractivity (Wildman–Crippen MR) is 28.1 cm³/mol. The maximum atomic E-state index is 11.6. The molecule has 0 amide bonds. The smallest absolute Gasteiger partial charge is 0.449 e. The fourth-order valence-corrected chi connectivity index (χ4v) is 0.939. The SMILES string of the molecule is OC1CC([B-](F)(F)F)C1.[K+]. The van der Waals surface area contributed by atoms with Gasteiger partial charge in [-0.3, -0.25) is 0 Å². The topological polar surface area (TPSA) is 20.2 Å². The van der Waals surface area contributed by atoms with Crippen molar-refractivity contribution in [2.45, 2.75) is 24.8 Å². The van der Waals surface area contributed by atoms with Gasteiger partial charge < -0.3 is 18.1 Å². The first-order valence-corrected chi connectivity index (χ1v) is 2.88. The molecule has 1 nitrogen and oxygen atoms in total. The molecule has 54 valence electrons. The average Bonchev–Trinajstić information content (AvgIpc) is 1.55. The Hall–Kier alpha value is 1.45. The van der Waals surface area contributed by atoms with Crippen LogP contribution in [0.15, 0.2) is 0 Å². The number of aliphatic hydroxyl groups is 1. The van der Waals surface area contributed by atoms with Crippen molar-refractivity contribution < 1.29 is 69.4 Å². The van der Waals surface area contributed by atoms with Crippen LogP contribution in [0, 0.1) is 0 Å². The third kappa shape index (κ3) is 2.83. The Morgan fingerprint density at radius 1 is 1.20 bits per heavy atom. The van der Waals surface area contributed by atoms with E-state index in [0.717, 1.165) is 0 Å². The first-order chi connectivity index (χ1) is 4.00. The summed E-state index contributed by atoms with van der Waals surface area (Å²) in [6, 6.07) is 0. The zero-order chi connectivity index (χ0) is 7.07. The van der Waals surface area contributed by atoms with Crippen molar-refractivity contribution in [3.8, 4) is 0 Å². The van der Waals surface area contributed by atoms with Crippen LogP contribution in [0.25, 0.3) is 0 Å². The molecule has 0 heterocycles. The maximum Gasteiger partial charge on any atom is 1.00 e. The van der Waals surface area contributed by atoms with Gasteiger partial charge in [-0.05, 0) is 12.8 Å². The van der Waals surface area contributed by atoms with Crippen LogP contribution < -0.4 is 51.4 Å². The molecule has 1 saturated carbocycles. The summed E-state index contributed by atoms with van der Waals surface area (Å²) in [5.41, 5.74) is 0. The molecule has 0 aromatic heterocycles. The Bertz CT molecular complexity index is 112. The Kier molecular flexibility index (Phi) is 4.48. The van der Waals surface area contributed by atoms with Crippen LogP contribution in [-0.4, -0.2) is 18.2 Å². The minimum atomic E-state index is -4.67. The van der Waals surface area contributed by atoms with E-state index in [2.05, 4.69) is 0 Å². The van der Waals surface area contributed by atoms with Crippen LogP contribution in [0.1, 0.15) is 12.8 Å². The summed E-state index contributed by atoms with van der Waals surface area (Å²) in [5, 5.41) is 8.49. The average molecular weight is 178 g/mol. The van der Waals surface area contributed by atoms with Crippen molar-refractivity contribution in [3.05, 3.63) is 0 Å². The summed E-state index contributed by atoms with van der Waals surface area (Å²) in [4.78, 5) is 0. The number of halogens is 3. The number of rotatable bonds is 1. The van der Waals surface area contributed by atoms with Crippen molar-refractivity contribution >= 4 is 6.98 Å². The molecule has 0 radical (unpaired) electrons. The first-order valence-electron chi connectivity index (χ1n) is 2.88. The summed E-state index contributed by atoms with van der Waals surface area (Å²) < 4.78 is 34.9. The van der Waals surface area contributed by atoms with E-state index in [1.807, 2.05) is 0 Å². The van der Waals surface area contributed by atoms with Crippen LogP contribution >= 0.6 is 0 Å². The summed E-state index contributed by atoms with van der Waals surface area (Å²) in [6.07, 6.45) is -0.856. The van der Waals surface area contributed by atoms with Crippen LogP contribution in [-0.2, 0) is 0 Å². The van der Waals surface area contributed by atoms with Crippen LogP contribution in [0.5, 0.6) is 0 Å². The molecule has 0 spiro atoms. The predicted octanol–water partition coefficient (Wildman–Crippen LogP) is -1.64. The Labute approximate surface area is 99.8 Å². The van der Waals surface area contributed by atoms with E-state index in [1.165, 1.54) is 0 Å². The minimum absolute atomic E-state index is 0.